The van der Waals surface area contributed by atoms with Crippen molar-refractivity contribution in [3.05, 3.63) is 99.6 Å². The highest BCUT2D eigenvalue weighted by atomic mass is 32.1. The zero-order valence-electron chi connectivity index (χ0n) is 16.6. The molecule has 0 amide bonds. The van der Waals surface area contributed by atoms with E-state index in [0.29, 0.717) is 5.13 Å². The SMILES string of the molecule is Cc1ccc(-c2nc(N=Cc3ccccc3)sc2-c2ccc([N+](=O)[O-])cc2)c(C)c1. The second kappa shape index (κ2) is 8.39. The monoisotopic (exact) mass is 413 g/mol. The highest BCUT2D eigenvalue weighted by Gasteiger charge is 2.17. The second-order valence-electron chi connectivity index (χ2n) is 6.97. The molecule has 0 saturated heterocycles. The maximum atomic E-state index is 11.0. The first-order valence-corrected chi connectivity index (χ1v) is 10.3. The molecule has 6 heteroatoms. The first-order chi connectivity index (χ1) is 14.5. The van der Waals surface area contributed by atoms with Gasteiger partial charge in [-0.3, -0.25) is 10.1 Å². The van der Waals surface area contributed by atoms with Crippen LogP contribution >= 0.6 is 11.3 Å². The smallest absolute Gasteiger partial charge is 0.258 e. The van der Waals surface area contributed by atoms with Gasteiger partial charge in [0.2, 0.25) is 5.13 Å². The Morgan fingerprint density at radius 2 is 1.73 bits per heavy atom. The van der Waals surface area contributed by atoms with Gasteiger partial charge in [-0.2, -0.15) is 0 Å². The first kappa shape index (κ1) is 19.7. The number of hydrogen-bond donors (Lipinski definition) is 0. The number of thiazole rings is 1. The number of nitro benzene ring substituents is 1. The molecule has 4 aromatic rings. The third kappa shape index (κ3) is 4.18. The van der Waals surface area contributed by atoms with Crippen molar-refractivity contribution in [2.75, 3.05) is 0 Å². The molecule has 0 fully saturated rings. The Morgan fingerprint density at radius 1 is 1.00 bits per heavy atom. The first-order valence-electron chi connectivity index (χ1n) is 9.43. The summed E-state index contributed by atoms with van der Waals surface area (Å²) in [5.41, 5.74) is 6.14. The van der Waals surface area contributed by atoms with Gasteiger partial charge >= 0.3 is 0 Å². The van der Waals surface area contributed by atoms with Crippen molar-refractivity contribution in [3.63, 3.8) is 0 Å². The fourth-order valence-electron chi connectivity index (χ4n) is 3.22. The average Bonchev–Trinajstić information content (AvgIpc) is 3.17. The lowest BCUT2D eigenvalue weighted by Gasteiger charge is -2.07. The zero-order valence-corrected chi connectivity index (χ0v) is 17.4. The molecule has 0 bridgehead atoms. The van der Waals surface area contributed by atoms with Crippen LogP contribution in [0, 0.1) is 24.0 Å². The number of hydrogen-bond acceptors (Lipinski definition) is 5. The molecular weight excluding hydrogens is 394 g/mol. The minimum absolute atomic E-state index is 0.0682. The van der Waals surface area contributed by atoms with E-state index in [0.717, 1.165) is 32.8 Å². The van der Waals surface area contributed by atoms with Crippen LogP contribution in [0.3, 0.4) is 0 Å². The Kier molecular flexibility index (Phi) is 5.50. The van der Waals surface area contributed by atoms with Gasteiger partial charge in [-0.05, 0) is 42.7 Å². The van der Waals surface area contributed by atoms with E-state index < -0.39 is 4.92 Å². The Balaban J connectivity index is 1.81. The van der Waals surface area contributed by atoms with E-state index in [4.69, 9.17) is 4.98 Å². The Labute approximate surface area is 178 Å². The van der Waals surface area contributed by atoms with Gasteiger partial charge in [0, 0.05) is 23.9 Å². The third-order valence-corrected chi connectivity index (χ3v) is 5.73. The lowest BCUT2D eigenvalue weighted by atomic mass is 10.0. The van der Waals surface area contributed by atoms with Crippen LogP contribution in [0.4, 0.5) is 10.8 Å². The van der Waals surface area contributed by atoms with E-state index in [2.05, 4.69) is 37.0 Å². The van der Waals surface area contributed by atoms with Gasteiger partial charge in [0.25, 0.3) is 5.69 Å². The van der Waals surface area contributed by atoms with Crippen LogP contribution in [-0.2, 0) is 0 Å². The summed E-state index contributed by atoms with van der Waals surface area (Å²) in [6.07, 6.45) is 1.80. The van der Waals surface area contributed by atoms with Crippen LogP contribution in [0.2, 0.25) is 0 Å². The summed E-state index contributed by atoms with van der Waals surface area (Å²) in [5.74, 6) is 0. The largest absolute Gasteiger partial charge is 0.269 e. The molecule has 0 radical (unpaired) electrons. The lowest BCUT2D eigenvalue weighted by Crippen LogP contribution is -1.89. The van der Waals surface area contributed by atoms with Crippen molar-refractivity contribution in [1.82, 2.24) is 4.98 Å². The molecule has 1 aromatic heterocycles. The molecule has 0 aliphatic rings. The predicted molar refractivity (Wildman–Crippen MR) is 123 cm³/mol. The van der Waals surface area contributed by atoms with Crippen molar-refractivity contribution in [2.45, 2.75) is 13.8 Å². The fourth-order valence-corrected chi connectivity index (χ4v) is 4.16. The summed E-state index contributed by atoms with van der Waals surface area (Å²) in [6.45, 7) is 4.12. The lowest BCUT2D eigenvalue weighted by molar-refractivity contribution is -0.384. The number of nitrogens with zero attached hydrogens (tertiary/aromatic N) is 3. The van der Waals surface area contributed by atoms with E-state index in [-0.39, 0.29) is 5.69 Å². The van der Waals surface area contributed by atoms with Crippen molar-refractivity contribution in [3.8, 4) is 21.7 Å². The van der Waals surface area contributed by atoms with Crippen molar-refractivity contribution in [1.29, 1.82) is 0 Å². The normalized spacial score (nSPS) is 11.1. The number of benzene rings is 3. The van der Waals surface area contributed by atoms with Crippen molar-refractivity contribution >= 4 is 28.4 Å². The molecule has 30 heavy (non-hydrogen) atoms. The van der Waals surface area contributed by atoms with Gasteiger partial charge in [0.15, 0.2) is 0 Å². The number of aryl methyl sites for hydroxylation is 2. The molecule has 148 valence electrons. The predicted octanol–water partition coefficient (Wildman–Crippen LogP) is 6.75. The Hall–Kier alpha value is -3.64. The maximum Gasteiger partial charge on any atom is 0.269 e. The van der Waals surface area contributed by atoms with Crippen LogP contribution in [0.25, 0.3) is 21.7 Å². The summed E-state index contributed by atoms with van der Waals surface area (Å²) in [6, 6.07) is 22.7. The van der Waals surface area contributed by atoms with Gasteiger partial charge in [-0.25, -0.2) is 9.98 Å². The van der Waals surface area contributed by atoms with Crippen molar-refractivity contribution in [2.24, 2.45) is 4.99 Å². The van der Waals surface area contributed by atoms with Gasteiger partial charge < -0.3 is 0 Å². The van der Waals surface area contributed by atoms with Gasteiger partial charge in [0.1, 0.15) is 0 Å². The minimum Gasteiger partial charge on any atom is -0.258 e. The quantitative estimate of drug-likeness (QED) is 0.206. The number of aliphatic imine (C=N–C) groups is 1. The van der Waals surface area contributed by atoms with E-state index >= 15 is 0 Å². The summed E-state index contributed by atoms with van der Waals surface area (Å²) in [5, 5.41) is 11.7. The van der Waals surface area contributed by atoms with E-state index in [9.17, 15) is 10.1 Å². The number of nitro groups is 1. The minimum atomic E-state index is -0.392. The van der Waals surface area contributed by atoms with Gasteiger partial charge in [-0.15, -0.1) is 0 Å². The highest BCUT2D eigenvalue weighted by Crippen LogP contribution is 2.41. The molecular formula is C24H19N3O2S. The average molecular weight is 414 g/mol. The van der Waals surface area contributed by atoms with Crippen LogP contribution in [0.5, 0.6) is 0 Å². The zero-order chi connectivity index (χ0) is 21.1. The summed E-state index contributed by atoms with van der Waals surface area (Å²) in [4.78, 5) is 20.9. The van der Waals surface area contributed by atoms with E-state index in [1.54, 1.807) is 18.3 Å². The van der Waals surface area contributed by atoms with E-state index in [1.807, 2.05) is 30.3 Å². The molecule has 1 heterocycles. The Bertz CT molecular complexity index is 1230. The topological polar surface area (TPSA) is 68.4 Å². The molecule has 0 aliphatic heterocycles. The second-order valence-corrected chi connectivity index (χ2v) is 7.94. The van der Waals surface area contributed by atoms with Gasteiger partial charge in [0.05, 0.1) is 15.5 Å². The number of non-ortho nitro benzene ring substituents is 1. The van der Waals surface area contributed by atoms with Crippen LogP contribution in [-0.4, -0.2) is 16.1 Å². The molecule has 0 N–H and O–H groups in total. The summed E-state index contributed by atoms with van der Waals surface area (Å²) >= 11 is 1.47. The van der Waals surface area contributed by atoms with Crippen LogP contribution < -0.4 is 0 Å². The molecule has 0 aliphatic carbocycles. The molecule has 0 unspecified atom stereocenters. The van der Waals surface area contributed by atoms with Crippen molar-refractivity contribution < 1.29 is 4.92 Å². The molecule has 0 atom stereocenters. The Morgan fingerprint density at radius 3 is 2.40 bits per heavy atom. The summed E-state index contributed by atoms with van der Waals surface area (Å²) < 4.78 is 0. The summed E-state index contributed by atoms with van der Waals surface area (Å²) in [7, 11) is 0. The standard InChI is InChI=1S/C24H19N3O2S/c1-16-8-13-21(17(2)14-16)22-23(19-9-11-20(12-10-19)27(28)29)30-24(26-22)25-15-18-6-4-3-5-7-18/h3-15H,1-2H3. The highest BCUT2D eigenvalue weighted by molar-refractivity contribution is 7.19. The third-order valence-electron chi connectivity index (χ3n) is 4.72. The van der Waals surface area contributed by atoms with Crippen LogP contribution in [0.1, 0.15) is 16.7 Å². The van der Waals surface area contributed by atoms with Crippen LogP contribution in [0.15, 0.2) is 77.8 Å². The molecule has 5 nitrogen and oxygen atoms in total. The number of aromatic nitrogens is 1. The fraction of sp³-hybridized carbons (Fsp3) is 0.0833. The molecule has 0 spiro atoms. The molecule has 3 aromatic carbocycles. The van der Waals surface area contributed by atoms with Gasteiger partial charge in [-0.1, -0.05) is 65.4 Å². The number of rotatable bonds is 5. The maximum absolute atomic E-state index is 11.0. The van der Waals surface area contributed by atoms with E-state index in [1.165, 1.54) is 29.0 Å². The molecule has 4 rings (SSSR count). The molecule has 0 saturated carbocycles.